The molecule has 3 rings (SSSR count). The van der Waals surface area contributed by atoms with Gasteiger partial charge < -0.3 is 19.2 Å². The summed E-state index contributed by atoms with van der Waals surface area (Å²) in [4.78, 5) is 16.9. The van der Waals surface area contributed by atoms with E-state index in [2.05, 4.69) is 10.3 Å². The monoisotopic (exact) mass is 366 g/mol. The van der Waals surface area contributed by atoms with E-state index in [1.54, 1.807) is 20.1 Å². The summed E-state index contributed by atoms with van der Waals surface area (Å²) in [5, 5.41) is 2.87. The molecule has 0 radical (unpaired) electrons. The number of benzene rings is 2. The summed E-state index contributed by atoms with van der Waals surface area (Å²) in [5.41, 5.74) is 2.03. The van der Waals surface area contributed by atoms with E-state index in [4.69, 9.17) is 13.9 Å². The van der Waals surface area contributed by atoms with Crippen molar-refractivity contribution in [2.24, 2.45) is 0 Å². The van der Waals surface area contributed by atoms with Crippen LogP contribution in [-0.2, 0) is 11.2 Å². The molecule has 0 aliphatic carbocycles. The average Bonchev–Trinajstić information content (AvgIpc) is 3.04. The molecule has 3 aromatic rings. The lowest BCUT2D eigenvalue weighted by Gasteiger charge is -2.10. The van der Waals surface area contributed by atoms with Crippen molar-refractivity contribution in [2.75, 3.05) is 19.0 Å². The number of carbonyl (C=O) groups is 1. The summed E-state index contributed by atoms with van der Waals surface area (Å²) in [5.74, 6) is 2.25. The number of oxazole rings is 1. The topological polar surface area (TPSA) is 73.6 Å². The van der Waals surface area contributed by atoms with Gasteiger partial charge in [0.25, 0.3) is 0 Å². The Bertz CT molecular complexity index is 933. The second kappa shape index (κ2) is 8.40. The molecule has 1 amide bonds. The molecule has 6 heteroatoms. The maximum atomic E-state index is 12.5. The van der Waals surface area contributed by atoms with Crippen LogP contribution in [0.25, 0.3) is 11.5 Å². The molecular formula is C21H22N2O4. The van der Waals surface area contributed by atoms with Crippen LogP contribution in [0.4, 0.5) is 5.69 Å². The number of hydrogen-bond acceptors (Lipinski definition) is 5. The number of aromatic nitrogens is 1. The summed E-state index contributed by atoms with van der Waals surface area (Å²) in [6, 6.07) is 14.8. The molecule has 6 nitrogen and oxygen atoms in total. The van der Waals surface area contributed by atoms with Crippen molar-refractivity contribution in [1.29, 1.82) is 0 Å². The van der Waals surface area contributed by atoms with Gasteiger partial charge in [0.05, 0.1) is 31.5 Å². The Balaban J connectivity index is 1.74. The van der Waals surface area contributed by atoms with Crippen LogP contribution >= 0.6 is 0 Å². The number of nitrogens with one attached hydrogen (secondary N) is 1. The number of ether oxygens (including phenoxy) is 2. The smallest absolute Gasteiger partial charge is 0.230 e. The Morgan fingerprint density at radius 1 is 1.19 bits per heavy atom. The molecule has 140 valence electrons. The van der Waals surface area contributed by atoms with E-state index in [0.717, 1.165) is 11.3 Å². The minimum Gasteiger partial charge on any atom is -0.497 e. The highest BCUT2D eigenvalue weighted by Gasteiger charge is 2.16. The van der Waals surface area contributed by atoms with Gasteiger partial charge in [-0.2, -0.15) is 0 Å². The molecule has 1 heterocycles. The van der Waals surface area contributed by atoms with Gasteiger partial charge in [0, 0.05) is 5.56 Å². The number of rotatable bonds is 7. The quantitative estimate of drug-likeness (QED) is 0.677. The Kier molecular flexibility index (Phi) is 5.76. The second-order valence-corrected chi connectivity index (χ2v) is 5.91. The van der Waals surface area contributed by atoms with Crippen LogP contribution in [-0.4, -0.2) is 24.6 Å². The lowest BCUT2D eigenvalue weighted by atomic mass is 10.2. The number of aryl methyl sites for hydroxylation is 1. The SMILES string of the molecule is CCOc1ccccc1NC(=O)Cc1nc(-c2cccc(OC)c2)oc1C. The van der Waals surface area contributed by atoms with Crippen LogP contribution in [0.3, 0.4) is 0 Å². The number of para-hydroxylation sites is 2. The molecule has 1 N–H and O–H groups in total. The van der Waals surface area contributed by atoms with Gasteiger partial charge in [-0.3, -0.25) is 4.79 Å². The van der Waals surface area contributed by atoms with Crippen molar-refractivity contribution in [1.82, 2.24) is 4.98 Å². The van der Waals surface area contributed by atoms with Gasteiger partial charge in [-0.05, 0) is 44.2 Å². The number of anilines is 1. The summed E-state index contributed by atoms with van der Waals surface area (Å²) < 4.78 is 16.5. The van der Waals surface area contributed by atoms with Gasteiger partial charge in [-0.25, -0.2) is 4.98 Å². The molecule has 0 saturated heterocycles. The van der Waals surface area contributed by atoms with E-state index in [-0.39, 0.29) is 12.3 Å². The first kappa shape index (κ1) is 18.5. The molecule has 0 unspecified atom stereocenters. The van der Waals surface area contributed by atoms with E-state index in [1.165, 1.54) is 0 Å². The van der Waals surface area contributed by atoms with Gasteiger partial charge in [0.2, 0.25) is 11.8 Å². The number of carbonyl (C=O) groups excluding carboxylic acids is 1. The van der Waals surface area contributed by atoms with E-state index >= 15 is 0 Å². The summed E-state index contributed by atoms with van der Waals surface area (Å²) in [7, 11) is 1.61. The van der Waals surface area contributed by atoms with Gasteiger partial charge in [-0.15, -0.1) is 0 Å². The Labute approximate surface area is 158 Å². The van der Waals surface area contributed by atoms with Crippen molar-refractivity contribution in [3.05, 3.63) is 60.0 Å². The molecule has 0 bridgehead atoms. The summed E-state index contributed by atoms with van der Waals surface area (Å²) in [6.07, 6.45) is 0.111. The molecule has 0 spiro atoms. The molecule has 2 aromatic carbocycles. The maximum absolute atomic E-state index is 12.5. The zero-order chi connectivity index (χ0) is 19.2. The first-order valence-corrected chi connectivity index (χ1v) is 8.73. The van der Waals surface area contributed by atoms with Gasteiger partial charge >= 0.3 is 0 Å². The fourth-order valence-corrected chi connectivity index (χ4v) is 2.67. The molecule has 0 aliphatic rings. The van der Waals surface area contributed by atoms with E-state index in [0.29, 0.717) is 35.4 Å². The Morgan fingerprint density at radius 2 is 2.00 bits per heavy atom. The van der Waals surface area contributed by atoms with Crippen LogP contribution in [0.15, 0.2) is 52.9 Å². The first-order valence-electron chi connectivity index (χ1n) is 8.73. The van der Waals surface area contributed by atoms with E-state index in [9.17, 15) is 4.79 Å². The van der Waals surface area contributed by atoms with Crippen molar-refractivity contribution >= 4 is 11.6 Å². The average molecular weight is 366 g/mol. The highest BCUT2D eigenvalue weighted by molar-refractivity contribution is 5.93. The summed E-state index contributed by atoms with van der Waals surface area (Å²) in [6.45, 7) is 4.23. The first-order chi connectivity index (χ1) is 13.1. The Morgan fingerprint density at radius 3 is 2.78 bits per heavy atom. The molecule has 27 heavy (non-hydrogen) atoms. The number of hydrogen-bond donors (Lipinski definition) is 1. The fraction of sp³-hybridized carbons (Fsp3) is 0.238. The van der Waals surface area contributed by atoms with Crippen molar-refractivity contribution in [3.8, 4) is 23.0 Å². The highest BCUT2D eigenvalue weighted by Crippen LogP contribution is 2.26. The van der Waals surface area contributed by atoms with Gasteiger partial charge in [-0.1, -0.05) is 18.2 Å². The number of methoxy groups -OCH3 is 1. The largest absolute Gasteiger partial charge is 0.497 e. The predicted octanol–water partition coefficient (Wildman–Crippen LogP) is 4.24. The van der Waals surface area contributed by atoms with Crippen molar-refractivity contribution in [2.45, 2.75) is 20.3 Å². The molecule has 0 aliphatic heterocycles. The molecular weight excluding hydrogens is 344 g/mol. The third-order valence-electron chi connectivity index (χ3n) is 4.00. The van der Waals surface area contributed by atoms with E-state index in [1.807, 2.05) is 49.4 Å². The standard InChI is InChI=1S/C21H22N2O4/c1-4-26-19-11-6-5-10-17(19)22-20(24)13-18-14(2)27-21(23-18)15-8-7-9-16(12-15)25-3/h5-12H,4,13H2,1-3H3,(H,22,24). The molecule has 0 fully saturated rings. The van der Waals surface area contributed by atoms with E-state index < -0.39 is 0 Å². The fourth-order valence-electron chi connectivity index (χ4n) is 2.67. The predicted molar refractivity (Wildman–Crippen MR) is 103 cm³/mol. The summed E-state index contributed by atoms with van der Waals surface area (Å²) >= 11 is 0. The molecule has 0 atom stereocenters. The van der Waals surface area contributed by atoms with Crippen molar-refractivity contribution in [3.63, 3.8) is 0 Å². The van der Waals surface area contributed by atoms with Crippen LogP contribution in [0.1, 0.15) is 18.4 Å². The van der Waals surface area contributed by atoms with Crippen LogP contribution in [0.5, 0.6) is 11.5 Å². The van der Waals surface area contributed by atoms with Gasteiger partial charge in [0.15, 0.2) is 0 Å². The third-order valence-corrected chi connectivity index (χ3v) is 4.00. The van der Waals surface area contributed by atoms with Crippen LogP contribution in [0.2, 0.25) is 0 Å². The number of amides is 1. The zero-order valence-corrected chi connectivity index (χ0v) is 15.6. The van der Waals surface area contributed by atoms with Gasteiger partial charge in [0.1, 0.15) is 17.3 Å². The zero-order valence-electron chi connectivity index (χ0n) is 15.6. The molecule has 0 saturated carbocycles. The van der Waals surface area contributed by atoms with Crippen molar-refractivity contribution < 1.29 is 18.7 Å². The third kappa shape index (κ3) is 4.47. The minimum absolute atomic E-state index is 0.111. The van der Waals surface area contributed by atoms with Crippen LogP contribution < -0.4 is 14.8 Å². The van der Waals surface area contributed by atoms with Crippen LogP contribution in [0, 0.1) is 6.92 Å². The lowest BCUT2D eigenvalue weighted by Crippen LogP contribution is -2.16. The Hall–Kier alpha value is -3.28. The number of nitrogens with zero attached hydrogens (tertiary/aromatic N) is 1. The minimum atomic E-state index is -0.184. The molecule has 1 aromatic heterocycles. The maximum Gasteiger partial charge on any atom is 0.230 e. The normalized spacial score (nSPS) is 10.5. The second-order valence-electron chi connectivity index (χ2n) is 5.91. The lowest BCUT2D eigenvalue weighted by molar-refractivity contribution is -0.115. The highest BCUT2D eigenvalue weighted by atomic mass is 16.5.